The molecule has 7 nitrogen and oxygen atoms in total. The predicted octanol–water partition coefficient (Wildman–Crippen LogP) is 5.09. The summed E-state index contributed by atoms with van der Waals surface area (Å²) in [5.74, 6) is -1.29. The van der Waals surface area contributed by atoms with E-state index >= 15 is 0 Å². The van der Waals surface area contributed by atoms with Gasteiger partial charge in [-0.2, -0.15) is 0 Å². The van der Waals surface area contributed by atoms with Crippen molar-refractivity contribution in [3.05, 3.63) is 67.4 Å². The molecule has 2 aromatic carbocycles. The van der Waals surface area contributed by atoms with E-state index in [1.807, 2.05) is 0 Å². The fraction of sp³-hybridized carbons (Fsp3) is 0.0625. The second kappa shape index (κ2) is 8.78. The molecule has 1 heterocycles. The summed E-state index contributed by atoms with van der Waals surface area (Å²) >= 11 is 13.5. The minimum Gasteiger partial charge on any atom is -0.320 e. The van der Waals surface area contributed by atoms with Gasteiger partial charge in [-0.15, -0.1) is 5.10 Å². The standard InChI is InChI=1S/C16H10ClFN4O3S3/c17-9-1-4-11(5-2-9)21-16(26)28-15(20-21)27-8-14(23)19-12-6-3-10(18)7-13(12)22(24)25/h1-7H,8H2,(H,19,23). The van der Waals surface area contributed by atoms with Crippen LogP contribution in [-0.2, 0) is 4.79 Å². The van der Waals surface area contributed by atoms with Crippen molar-refractivity contribution in [2.24, 2.45) is 0 Å². The number of amides is 1. The number of rotatable bonds is 6. The first-order valence-electron chi connectivity index (χ1n) is 7.56. The summed E-state index contributed by atoms with van der Waals surface area (Å²) in [7, 11) is 0. The van der Waals surface area contributed by atoms with Crippen LogP contribution < -0.4 is 5.32 Å². The molecule has 144 valence electrons. The maximum atomic E-state index is 13.2. The van der Waals surface area contributed by atoms with Crippen molar-refractivity contribution < 1.29 is 14.1 Å². The molecule has 3 aromatic rings. The molecule has 1 N–H and O–H groups in total. The number of hydrogen-bond donors (Lipinski definition) is 1. The first-order valence-corrected chi connectivity index (χ1v) is 10.1. The van der Waals surface area contributed by atoms with Crippen molar-refractivity contribution in [1.82, 2.24) is 9.78 Å². The fourth-order valence-electron chi connectivity index (χ4n) is 2.14. The number of aromatic nitrogens is 2. The third kappa shape index (κ3) is 4.93. The largest absolute Gasteiger partial charge is 0.320 e. The van der Waals surface area contributed by atoms with Gasteiger partial charge in [0.15, 0.2) is 8.29 Å². The highest BCUT2D eigenvalue weighted by Crippen LogP contribution is 2.27. The molecule has 0 aliphatic rings. The topological polar surface area (TPSA) is 90.1 Å². The maximum Gasteiger partial charge on any atom is 0.295 e. The van der Waals surface area contributed by atoms with Crippen LogP contribution in [0.4, 0.5) is 15.8 Å². The molecule has 1 aromatic heterocycles. The first-order chi connectivity index (χ1) is 13.3. The third-order valence-corrected chi connectivity index (χ3v) is 5.98. The molecule has 1 amide bonds. The van der Waals surface area contributed by atoms with E-state index in [4.69, 9.17) is 23.8 Å². The highest BCUT2D eigenvalue weighted by atomic mass is 35.5. The van der Waals surface area contributed by atoms with Crippen LogP contribution in [0.25, 0.3) is 5.69 Å². The number of thioether (sulfide) groups is 1. The average Bonchev–Trinajstić information content (AvgIpc) is 3.03. The molecule has 0 fully saturated rings. The zero-order valence-corrected chi connectivity index (χ0v) is 17.0. The molecule has 0 spiro atoms. The number of hydrogen-bond acceptors (Lipinski definition) is 7. The van der Waals surface area contributed by atoms with Crippen molar-refractivity contribution in [2.75, 3.05) is 11.1 Å². The smallest absolute Gasteiger partial charge is 0.295 e. The summed E-state index contributed by atoms with van der Waals surface area (Å²) in [4.78, 5) is 22.3. The van der Waals surface area contributed by atoms with Gasteiger partial charge in [-0.1, -0.05) is 34.7 Å². The molecule has 0 unspecified atom stereocenters. The van der Waals surface area contributed by atoms with E-state index in [1.54, 1.807) is 28.9 Å². The Bertz CT molecular complexity index is 1100. The van der Waals surface area contributed by atoms with E-state index in [9.17, 15) is 19.3 Å². The van der Waals surface area contributed by atoms with Gasteiger partial charge in [0, 0.05) is 5.02 Å². The number of halogens is 2. The Morgan fingerprint density at radius 3 is 2.75 bits per heavy atom. The highest BCUT2D eigenvalue weighted by molar-refractivity contribution is 8.01. The van der Waals surface area contributed by atoms with Gasteiger partial charge in [-0.05, 0) is 48.6 Å². The summed E-state index contributed by atoms with van der Waals surface area (Å²) < 4.78 is 15.8. The first kappa shape index (κ1) is 20.4. The number of carbonyl (C=O) groups is 1. The SMILES string of the molecule is O=C(CSc1nn(-c2ccc(Cl)cc2)c(=S)s1)Nc1ccc(F)cc1[N+](=O)[O-]. The molecule has 0 aliphatic carbocycles. The van der Waals surface area contributed by atoms with Crippen LogP contribution in [0.5, 0.6) is 0 Å². The second-order valence-electron chi connectivity index (χ2n) is 5.28. The lowest BCUT2D eigenvalue weighted by Crippen LogP contribution is -2.15. The summed E-state index contributed by atoms with van der Waals surface area (Å²) in [5.41, 5.74) is 0.154. The fourth-order valence-corrected chi connectivity index (χ4v) is 4.43. The van der Waals surface area contributed by atoms with Crippen LogP contribution in [0.2, 0.25) is 5.02 Å². The number of carbonyl (C=O) groups excluding carboxylic acids is 1. The average molecular weight is 457 g/mol. The zero-order chi connectivity index (χ0) is 20.3. The molecular formula is C16H10ClFN4O3S3. The second-order valence-corrected chi connectivity index (χ2v) is 8.56. The van der Waals surface area contributed by atoms with Crippen molar-refractivity contribution >= 4 is 64.2 Å². The quantitative estimate of drug-likeness (QED) is 0.240. The van der Waals surface area contributed by atoms with Gasteiger partial charge >= 0.3 is 0 Å². The lowest BCUT2D eigenvalue weighted by atomic mass is 10.2. The Labute approximate surface area is 176 Å². The normalized spacial score (nSPS) is 10.6. The predicted molar refractivity (Wildman–Crippen MR) is 110 cm³/mol. The van der Waals surface area contributed by atoms with Crippen molar-refractivity contribution in [2.45, 2.75) is 4.34 Å². The van der Waals surface area contributed by atoms with Gasteiger partial charge in [0.2, 0.25) is 5.91 Å². The molecule has 0 saturated heterocycles. The van der Waals surface area contributed by atoms with E-state index in [1.165, 1.54) is 11.3 Å². The van der Waals surface area contributed by atoms with Gasteiger partial charge in [-0.25, -0.2) is 9.07 Å². The molecule has 0 bridgehead atoms. The Morgan fingerprint density at radius 2 is 2.07 bits per heavy atom. The van der Waals surface area contributed by atoms with Gasteiger partial charge < -0.3 is 5.32 Å². The molecule has 12 heteroatoms. The molecule has 0 aliphatic heterocycles. The summed E-state index contributed by atoms with van der Waals surface area (Å²) in [5, 5.41) is 18.3. The van der Waals surface area contributed by atoms with E-state index in [-0.39, 0.29) is 11.4 Å². The Balaban J connectivity index is 1.67. The number of nitrogens with zero attached hydrogens (tertiary/aromatic N) is 3. The number of nitro benzene ring substituents is 1. The molecule has 0 saturated carbocycles. The van der Waals surface area contributed by atoms with Crippen molar-refractivity contribution in [3.63, 3.8) is 0 Å². The van der Waals surface area contributed by atoms with Gasteiger partial charge in [0.05, 0.1) is 22.4 Å². The van der Waals surface area contributed by atoms with Crippen LogP contribution in [0.1, 0.15) is 0 Å². The minimum absolute atomic E-state index is 0.0442. The van der Waals surface area contributed by atoms with E-state index < -0.39 is 22.3 Å². The lowest BCUT2D eigenvalue weighted by molar-refractivity contribution is -0.384. The molecule has 0 atom stereocenters. The lowest BCUT2D eigenvalue weighted by Gasteiger charge is -2.05. The molecule has 3 rings (SSSR count). The van der Waals surface area contributed by atoms with Crippen LogP contribution in [0.15, 0.2) is 46.8 Å². The minimum atomic E-state index is -0.759. The third-order valence-electron chi connectivity index (χ3n) is 3.36. The van der Waals surface area contributed by atoms with E-state index in [2.05, 4.69) is 10.4 Å². The summed E-state index contributed by atoms with van der Waals surface area (Å²) in [6, 6.07) is 9.91. The Hall–Kier alpha value is -2.34. The van der Waals surface area contributed by atoms with Crippen LogP contribution >= 0.6 is 46.9 Å². The highest BCUT2D eigenvalue weighted by Gasteiger charge is 2.17. The zero-order valence-electron chi connectivity index (χ0n) is 13.8. The summed E-state index contributed by atoms with van der Waals surface area (Å²) in [6.45, 7) is 0. The van der Waals surface area contributed by atoms with Crippen LogP contribution in [-0.4, -0.2) is 26.4 Å². The molecule has 28 heavy (non-hydrogen) atoms. The van der Waals surface area contributed by atoms with E-state index in [0.29, 0.717) is 13.3 Å². The van der Waals surface area contributed by atoms with Gasteiger partial charge in [0.1, 0.15) is 11.5 Å². The van der Waals surface area contributed by atoms with Gasteiger partial charge in [0.25, 0.3) is 5.69 Å². The number of nitro groups is 1. The van der Waals surface area contributed by atoms with Crippen LogP contribution in [0.3, 0.4) is 0 Å². The Morgan fingerprint density at radius 1 is 1.36 bits per heavy atom. The van der Waals surface area contributed by atoms with Gasteiger partial charge in [-0.3, -0.25) is 14.9 Å². The number of nitrogens with one attached hydrogen (secondary N) is 1. The number of anilines is 1. The van der Waals surface area contributed by atoms with Crippen LogP contribution in [0, 0.1) is 19.9 Å². The van der Waals surface area contributed by atoms with Crippen molar-refractivity contribution in [3.8, 4) is 5.69 Å². The Kier molecular flexibility index (Phi) is 6.39. The molecule has 0 radical (unpaired) electrons. The summed E-state index contributed by atoms with van der Waals surface area (Å²) in [6.07, 6.45) is 0. The van der Waals surface area contributed by atoms with Crippen molar-refractivity contribution in [1.29, 1.82) is 0 Å². The molecular weight excluding hydrogens is 447 g/mol. The van der Waals surface area contributed by atoms with E-state index in [0.717, 1.165) is 35.6 Å². The monoisotopic (exact) mass is 456 g/mol. The maximum absolute atomic E-state index is 13.2. The number of benzene rings is 2.